The molecule has 0 spiro atoms. The Kier molecular flexibility index (Phi) is 3.92. The molecule has 0 atom stereocenters. The molecule has 1 aliphatic rings. The summed E-state index contributed by atoms with van der Waals surface area (Å²) in [6, 6.07) is 0. The average molecular weight is 197 g/mol. The van der Waals surface area contributed by atoms with Crippen LogP contribution in [0.15, 0.2) is 0 Å². The van der Waals surface area contributed by atoms with Gasteiger partial charge in [-0.05, 0) is 18.8 Å². The minimum Gasteiger partial charge on any atom is -0.370 e. The van der Waals surface area contributed by atoms with Gasteiger partial charge in [-0.1, -0.05) is 19.3 Å². The summed E-state index contributed by atoms with van der Waals surface area (Å²) in [6.45, 7) is 0. The molecule has 4 heteroatoms. The Balaban J connectivity index is 2.35. The van der Waals surface area contributed by atoms with E-state index in [9.17, 15) is 4.79 Å². The van der Waals surface area contributed by atoms with Crippen molar-refractivity contribution >= 4 is 11.9 Å². The minimum absolute atomic E-state index is 0.0237. The van der Waals surface area contributed by atoms with Crippen LogP contribution in [0.2, 0.25) is 0 Å². The number of carbonyl (C=O) groups is 1. The summed E-state index contributed by atoms with van der Waals surface area (Å²) in [5, 5.41) is 7.13. The third-order valence-electron chi connectivity index (χ3n) is 2.92. The summed E-state index contributed by atoms with van der Waals surface area (Å²) < 4.78 is 0. The molecule has 0 heterocycles. The van der Waals surface area contributed by atoms with Crippen molar-refractivity contribution in [3.8, 4) is 0 Å². The average Bonchev–Trinajstić information content (AvgIpc) is 2.18. The third kappa shape index (κ3) is 3.01. The number of hydrogen-bond acceptors (Lipinski definition) is 2. The van der Waals surface area contributed by atoms with Gasteiger partial charge in [-0.25, -0.2) is 0 Å². The Labute approximate surface area is 85.0 Å². The van der Waals surface area contributed by atoms with Crippen molar-refractivity contribution < 1.29 is 4.79 Å². The van der Waals surface area contributed by atoms with Crippen LogP contribution in [0.1, 0.15) is 38.5 Å². The lowest BCUT2D eigenvalue weighted by molar-refractivity contribution is -0.127. The van der Waals surface area contributed by atoms with E-state index in [2.05, 4.69) is 0 Å². The van der Waals surface area contributed by atoms with E-state index in [4.69, 9.17) is 11.1 Å². The lowest BCUT2D eigenvalue weighted by Gasteiger charge is -2.23. The fourth-order valence-electron chi connectivity index (χ4n) is 1.91. The fourth-order valence-corrected chi connectivity index (χ4v) is 1.91. The van der Waals surface area contributed by atoms with Crippen LogP contribution in [0.25, 0.3) is 0 Å². The molecule has 1 aliphatic carbocycles. The van der Waals surface area contributed by atoms with Crippen molar-refractivity contribution in [2.75, 3.05) is 7.05 Å². The Hall–Kier alpha value is -1.06. The van der Waals surface area contributed by atoms with E-state index in [1.807, 2.05) is 0 Å². The number of guanidine groups is 1. The van der Waals surface area contributed by atoms with Crippen LogP contribution >= 0.6 is 0 Å². The quantitative estimate of drug-likeness (QED) is 0.517. The van der Waals surface area contributed by atoms with Crippen molar-refractivity contribution in [3.05, 3.63) is 0 Å². The smallest absolute Gasteiger partial charge is 0.229 e. The van der Waals surface area contributed by atoms with Crippen molar-refractivity contribution in [3.63, 3.8) is 0 Å². The predicted molar refractivity (Wildman–Crippen MR) is 55.9 cm³/mol. The van der Waals surface area contributed by atoms with E-state index in [-0.39, 0.29) is 11.9 Å². The maximum Gasteiger partial charge on any atom is 0.229 e. The zero-order valence-electron chi connectivity index (χ0n) is 8.75. The van der Waals surface area contributed by atoms with Crippen LogP contribution < -0.4 is 5.73 Å². The Bertz CT molecular complexity index is 221. The Morgan fingerprint density at radius 3 is 2.50 bits per heavy atom. The number of rotatable bonds is 2. The predicted octanol–water partition coefficient (Wildman–Crippen LogP) is 1.31. The van der Waals surface area contributed by atoms with Crippen LogP contribution in [0.3, 0.4) is 0 Å². The van der Waals surface area contributed by atoms with Gasteiger partial charge < -0.3 is 5.73 Å². The maximum atomic E-state index is 11.6. The SMILES string of the molecule is CN(C(=N)N)C(=O)CC1CCCCC1. The first kappa shape index (κ1) is 11.0. The number of carbonyl (C=O) groups excluding carboxylic acids is 1. The highest BCUT2D eigenvalue weighted by atomic mass is 16.2. The van der Waals surface area contributed by atoms with Gasteiger partial charge in [0.15, 0.2) is 5.96 Å². The first-order valence-corrected chi connectivity index (χ1v) is 5.22. The Morgan fingerprint density at radius 1 is 1.43 bits per heavy atom. The number of nitrogens with two attached hydrogens (primary N) is 1. The van der Waals surface area contributed by atoms with E-state index >= 15 is 0 Å². The molecular weight excluding hydrogens is 178 g/mol. The fraction of sp³-hybridized carbons (Fsp3) is 0.800. The van der Waals surface area contributed by atoms with Gasteiger partial charge in [-0.3, -0.25) is 15.1 Å². The van der Waals surface area contributed by atoms with E-state index < -0.39 is 0 Å². The molecular formula is C10H19N3O. The molecule has 80 valence electrons. The molecule has 0 bridgehead atoms. The molecule has 1 saturated carbocycles. The molecule has 1 amide bonds. The molecule has 0 aromatic rings. The maximum absolute atomic E-state index is 11.6. The van der Waals surface area contributed by atoms with E-state index in [1.54, 1.807) is 7.05 Å². The molecule has 0 aliphatic heterocycles. The summed E-state index contributed by atoms with van der Waals surface area (Å²) in [4.78, 5) is 12.8. The third-order valence-corrected chi connectivity index (χ3v) is 2.92. The van der Waals surface area contributed by atoms with E-state index in [0.717, 1.165) is 12.8 Å². The zero-order chi connectivity index (χ0) is 10.6. The van der Waals surface area contributed by atoms with Gasteiger partial charge in [0, 0.05) is 13.5 Å². The van der Waals surface area contributed by atoms with Gasteiger partial charge in [0.25, 0.3) is 0 Å². The largest absolute Gasteiger partial charge is 0.370 e. The molecule has 0 saturated heterocycles. The zero-order valence-corrected chi connectivity index (χ0v) is 8.75. The van der Waals surface area contributed by atoms with Crippen molar-refractivity contribution in [2.45, 2.75) is 38.5 Å². The summed E-state index contributed by atoms with van der Waals surface area (Å²) in [5.74, 6) is 0.327. The lowest BCUT2D eigenvalue weighted by Crippen LogP contribution is -2.38. The molecule has 1 fully saturated rings. The van der Waals surface area contributed by atoms with Gasteiger partial charge in [-0.15, -0.1) is 0 Å². The summed E-state index contributed by atoms with van der Waals surface area (Å²) >= 11 is 0. The second kappa shape index (κ2) is 4.98. The summed E-state index contributed by atoms with van der Waals surface area (Å²) in [5.41, 5.74) is 5.23. The number of hydrogen-bond donors (Lipinski definition) is 2. The van der Waals surface area contributed by atoms with Gasteiger partial charge in [-0.2, -0.15) is 0 Å². The first-order valence-electron chi connectivity index (χ1n) is 5.22. The van der Waals surface area contributed by atoms with Crippen LogP contribution in [0.4, 0.5) is 0 Å². The van der Waals surface area contributed by atoms with Gasteiger partial charge in [0.2, 0.25) is 5.91 Å². The minimum atomic E-state index is -0.161. The van der Waals surface area contributed by atoms with Gasteiger partial charge in [0.05, 0.1) is 0 Å². The van der Waals surface area contributed by atoms with Crippen molar-refractivity contribution in [1.29, 1.82) is 5.41 Å². The number of amides is 1. The second-order valence-electron chi connectivity index (χ2n) is 4.05. The summed E-state index contributed by atoms with van der Waals surface area (Å²) in [7, 11) is 1.56. The highest BCUT2D eigenvalue weighted by Crippen LogP contribution is 2.26. The molecule has 4 nitrogen and oxygen atoms in total. The highest BCUT2D eigenvalue weighted by Gasteiger charge is 2.19. The lowest BCUT2D eigenvalue weighted by atomic mass is 9.87. The van der Waals surface area contributed by atoms with E-state index in [1.165, 1.54) is 24.2 Å². The standard InChI is InChI=1S/C10H19N3O/c1-13(10(11)12)9(14)7-8-5-3-2-4-6-8/h8H,2-7H2,1H3,(H3,11,12). The van der Waals surface area contributed by atoms with Gasteiger partial charge >= 0.3 is 0 Å². The normalized spacial score (nSPS) is 17.8. The topological polar surface area (TPSA) is 70.2 Å². The molecule has 0 aromatic heterocycles. The molecule has 0 radical (unpaired) electrons. The number of nitrogens with zero attached hydrogens (tertiary/aromatic N) is 1. The van der Waals surface area contributed by atoms with Crippen LogP contribution in [-0.2, 0) is 4.79 Å². The molecule has 3 N–H and O–H groups in total. The monoisotopic (exact) mass is 197 g/mol. The van der Waals surface area contributed by atoms with Crippen molar-refractivity contribution in [2.24, 2.45) is 11.7 Å². The Morgan fingerprint density at radius 2 is 2.00 bits per heavy atom. The highest BCUT2D eigenvalue weighted by molar-refractivity contribution is 5.94. The molecule has 0 unspecified atom stereocenters. The van der Waals surface area contributed by atoms with Crippen molar-refractivity contribution in [1.82, 2.24) is 4.90 Å². The van der Waals surface area contributed by atoms with Crippen LogP contribution in [0.5, 0.6) is 0 Å². The first-order chi connectivity index (χ1) is 6.61. The number of nitrogens with one attached hydrogen (secondary N) is 1. The summed E-state index contributed by atoms with van der Waals surface area (Å²) in [6.07, 6.45) is 6.63. The molecule has 14 heavy (non-hydrogen) atoms. The second-order valence-corrected chi connectivity index (χ2v) is 4.05. The van der Waals surface area contributed by atoms with Crippen LogP contribution in [0, 0.1) is 11.3 Å². The molecule has 0 aromatic carbocycles. The van der Waals surface area contributed by atoms with Crippen LogP contribution in [-0.4, -0.2) is 23.8 Å². The van der Waals surface area contributed by atoms with Gasteiger partial charge in [0.1, 0.15) is 0 Å². The molecule has 1 rings (SSSR count). The van der Waals surface area contributed by atoms with E-state index in [0.29, 0.717) is 12.3 Å².